The Kier molecular flexibility index (Phi) is 3.08. The van der Waals surface area contributed by atoms with Crippen molar-refractivity contribution in [2.24, 2.45) is 11.8 Å². The van der Waals surface area contributed by atoms with E-state index < -0.39 is 5.92 Å². The average molecular weight is 176 g/mol. The third kappa shape index (κ3) is 2.72. The molecule has 72 valence electrons. The molecule has 2 heteroatoms. The van der Waals surface area contributed by atoms with E-state index in [0.29, 0.717) is 0 Å². The molecule has 0 saturated heterocycles. The summed E-state index contributed by atoms with van der Waals surface area (Å²) in [6, 6.07) is 0. The van der Waals surface area contributed by atoms with Crippen molar-refractivity contribution in [3.05, 3.63) is 0 Å². The Bertz CT molecular complexity index is 143. The Morgan fingerprint density at radius 1 is 1.33 bits per heavy atom. The van der Waals surface area contributed by atoms with E-state index in [-0.39, 0.29) is 24.7 Å². The predicted octanol–water partition coefficient (Wildman–Crippen LogP) is 3.86. The van der Waals surface area contributed by atoms with Gasteiger partial charge in [0.2, 0.25) is 5.92 Å². The summed E-state index contributed by atoms with van der Waals surface area (Å²) in [6.45, 7) is 4.01. The Hall–Kier alpha value is -0.140. The molecule has 0 bridgehead atoms. The van der Waals surface area contributed by atoms with Crippen LogP contribution in [0.25, 0.3) is 0 Å². The van der Waals surface area contributed by atoms with Gasteiger partial charge in [0.25, 0.3) is 0 Å². The van der Waals surface area contributed by atoms with Gasteiger partial charge in [0, 0.05) is 12.8 Å². The largest absolute Gasteiger partial charge is 0.248 e. The minimum absolute atomic E-state index is 0.104. The first-order chi connectivity index (χ1) is 5.53. The van der Waals surface area contributed by atoms with Gasteiger partial charge in [-0.05, 0) is 18.3 Å². The topological polar surface area (TPSA) is 0 Å². The van der Waals surface area contributed by atoms with Crippen molar-refractivity contribution in [1.29, 1.82) is 0 Å². The minimum Gasteiger partial charge on any atom is -0.207 e. The van der Waals surface area contributed by atoms with Gasteiger partial charge >= 0.3 is 0 Å². The summed E-state index contributed by atoms with van der Waals surface area (Å²) in [4.78, 5) is 0. The van der Waals surface area contributed by atoms with Gasteiger partial charge < -0.3 is 0 Å². The van der Waals surface area contributed by atoms with Crippen LogP contribution in [0.2, 0.25) is 0 Å². The molecule has 0 N–H and O–H groups in total. The molecule has 0 aromatic rings. The Morgan fingerprint density at radius 2 is 2.00 bits per heavy atom. The molecule has 0 spiro atoms. The fraction of sp³-hybridized carbons (Fsp3) is 1.00. The van der Waals surface area contributed by atoms with Crippen molar-refractivity contribution in [3.63, 3.8) is 0 Å². The molecule has 0 heterocycles. The van der Waals surface area contributed by atoms with Crippen molar-refractivity contribution in [3.8, 4) is 0 Å². The summed E-state index contributed by atoms with van der Waals surface area (Å²) >= 11 is 0. The van der Waals surface area contributed by atoms with Crippen LogP contribution in [0.5, 0.6) is 0 Å². The molecule has 0 radical (unpaired) electrons. The van der Waals surface area contributed by atoms with Crippen LogP contribution < -0.4 is 0 Å². The lowest BCUT2D eigenvalue weighted by molar-refractivity contribution is -0.0704. The Labute approximate surface area is 73.3 Å². The fourth-order valence-corrected chi connectivity index (χ4v) is 2.38. The molecule has 1 aliphatic rings. The van der Waals surface area contributed by atoms with Crippen LogP contribution in [-0.2, 0) is 0 Å². The molecule has 0 nitrogen and oxygen atoms in total. The number of alkyl halides is 2. The SMILES string of the molecule is CCC[C@@H]1C[C@@H](C)CC(F)(F)C1. The molecule has 1 saturated carbocycles. The van der Waals surface area contributed by atoms with Crippen molar-refractivity contribution < 1.29 is 8.78 Å². The van der Waals surface area contributed by atoms with E-state index in [1.807, 2.05) is 6.92 Å². The summed E-state index contributed by atoms with van der Waals surface area (Å²) in [5.41, 5.74) is 0. The first kappa shape index (κ1) is 9.94. The molecule has 12 heavy (non-hydrogen) atoms. The van der Waals surface area contributed by atoms with Gasteiger partial charge in [-0.3, -0.25) is 0 Å². The van der Waals surface area contributed by atoms with Gasteiger partial charge in [-0.15, -0.1) is 0 Å². The van der Waals surface area contributed by atoms with E-state index in [1.165, 1.54) is 0 Å². The summed E-state index contributed by atoms with van der Waals surface area (Å²) in [5, 5.41) is 0. The van der Waals surface area contributed by atoms with Gasteiger partial charge in [-0.1, -0.05) is 26.7 Å². The van der Waals surface area contributed by atoms with Crippen LogP contribution in [-0.4, -0.2) is 5.92 Å². The highest BCUT2D eigenvalue weighted by molar-refractivity contribution is 4.81. The van der Waals surface area contributed by atoms with Crippen LogP contribution >= 0.6 is 0 Å². The van der Waals surface area contributed by atoms with Crippen molar-refractivity contribution >= 4 is 0 Å². The highest BCUT2D eigenvalue weighted by atomic mass is 19.3. The van der Waals surface area contributed by atoms with Gasteiger partial charge in [0.1, 0.15) is 0 Å². The van der Waals surface area contributed by atoms with E-state index in [2.05, 4.69) is 6.92 Å². The first-order valence-electron chi connectivity index (χ1n) is 4.91. The van der Waals surface area contributed by atoms with Gasteiger partial charge in [-0.25, -0.2) is 8.78 Å². The molecule has 0 amide bonds. The van der Waals surface area contributed by atoms with Crippen LogP contribution in [0.1, 0.15) is 46.0 Å². The number of hydrogen-bond donors (Lipinski definition) is 0. The zero-order chi connectivity index (χ0) is 9.19. The summed E-state index contributed by atoms with van der Waals surface area (Å²) < 4.78 is 26.1. The zero-order valence-electron chi connectivity index (χ0n) is 7.95. The maximum atomic E-state index is 13.0. The third-order valence-electron chi connectivity index (χ3n) is 2.67. The van der Waals surface area contributed by atoms with Crippen LogP contribution in [0.3, 0.4) is 0 Å². The quantitative estimate of drug-likeness (QED) is 0.599. The maximum absolute atomic E-state index is 13.0. The molecule has 0 unspecified atom stereocenters. The average Bonchev–Trinajstić information content (AvgIpc) is 1.82. The first-order valence-corrected chi connectivity index (χ1v) is 4.91. The number of hydrogen-bond acceptors (Lipinski definition) is 0. The highest BCUT2D eigenvalue weighted by Gasteiger charge is 2.38. The molecular weight excluding hydrogens is 158 g/mol. The number of halogens is 2. The smallest absolute Gasteiger partial charge is 0.207 e. The van der Waals surface area contributed by atoms with E-state index >= 15 is 0 Å². The second-order valence-electron chi connectivity index (χ2n) is 4.26. The second kappa shape index (κ2) is 3.71. The van der Waals surface area contributed by atoms with Crippen molar-refractivity contribution in [2.75, 3.05) is 0 Å². The monoisotopic (exact) mass is 176 g/mol. The van der Waals surface area contributed by atoms with Crippen molar-refractivity contribution in [1.82, 2.24) is 0 Å². The molecule has 1 aliphatic carbocycles. The summed E-state index contributed by atoms with van der Waals surface area (Å²) in [7, 11) is 0. The maximum Gasteiger partial charge on any atom is 0.248 e. The Morgan fingerprint density at radius 3 is 2.50 bits per heavy atom. The van der Waals surface area contributed by atoms with E-state index in [0.717, 1.165) is 19.3 Å². The lowest BCUT2D eigenvalue weighted by atomic mass is 9.78. The van der Waals surface area contributed by atoms with Gasteiger partial charge in [0.05, 0.1) is 0 Å². The van der Waals surface area contributed by atoms with E-state index in [4.69, 9.17) is 0 Å². The summed E-state index contributed by atoms with van der Waals surface area (Å²) in [6.07, 6.45) is 3.25. The molecule has 0 aromatic carbocycles. The van der Waals surface area contributed by atoms with Crippen LogP contribution in [0.4, 0.5) is 8.78 Å². The normalized spacial score (nSPS) is 35.0. The molecule has 0 aliphatic heterocycles. The standard InChI is InChI=1S/C10H18F2/c1-3-4-9-5-8(2)6-10(11,12)7-9/h8-9H,3-7H2,1-2H3/t8-,9-/m1/s1. The lowest BCUT2D eigenvalue weighted by Gasteiger charge is -2.32. The molecule has 0 aromatic heterocycles. The lowest BCUT2D eigenvalue weighted by Crippen LogP contribution is -2.30. The summed E-state index contributed by atoms with van der Waals surface area (Å²) in [5.74, 6) is -1.89. The predicted molar refractivity (Wildman–Crippen MR) is 46.4 cm³/mol. The van der Waals surface area contributed by atoms with Crippen LogP contribution in [0.15, 0.2) is 0 Å². The molecule has 2 atom stereocenters. The van der Waals surface area contributed by atoms with Gasteiger partial charge in [0.15, 0.2) is 0 Å². The molecule has 1 rings (SSSR count). The van der Waals surface area contributed by atoms with Crippen LogP contribution in [0, 0.1) is 11.8 Å². The Balaban J connectivity index is 2.46. The molecule has 1 fully saturated rings. The fourth-order valence-electron chi connectivity index (χ4n) is 2.38. The minimum atomic E-state index is -2.38. The zero-order valence-corrected chi connectivity index (χ0v) is 7.95. The van der Waals surface area contributed by atoms with E-state index in [9.17, 15) is 8.78 Å². The third-order valence-corrected chi connectivity index (χ3v) is 2.67. The highest BCUT2D eigenvalue weighted by Crippen LogP contribution is 2.41. The van der Waals surface area contributed by atoms with Gasteiger partial charge in [-0.2, -0.15) is 0 Å². The second-order valence-corrected chi connectivity index (χ2v) is 4.26. The molecular formula is C10H18F2. The van der Waals surface area contributed by atoms with Crippen molar-refractivity contribution in [2.45, 2.75) is 51.9 Å². The number of rotatable bonds is 2. The van der Waals surface area contributed by atoms with E-state index in [1.54, 1.807) is 0 Å².